The van der Waals surface area contributed by atoms with Crippen molar-refractivity contribution in [3.63, 3.8) is 0 Å². The molecule has 0 saturated heterocycles. The summed E-state index contributed by atoms with van der Waals surface area (Å²) in [4.78, 5) is 3.29. The van der Waals surface area contributed by atoms with Gasteiger partial charge in [-0.25, -0.2) is 0 Å². The molecule has 1 unspecified atom stereocenters. The molecule has 0 saturated carbocycles. The van der Waals surface area contributed by atoms with Crippen molar-refractivity contribution in [2.24, 2.45) is 5.92 Å². The molecule has 1 heterocycles. The van der Waals surface area contributed by atoms with E-state index in [1.54, 1.807) is 0 Å². The maximum atomic E-state index is 5.69. The highest BCUT2D eigenvalue weighted by Gasteiger charge is 2.20. The number of hydrogen-bond donors (Lipinski definition) is 1. The minimum atomic E-state index is 0.211. The first-order valence-corrected chi connectivity index (χ1v) is 7.94. The Morgan fingerprint density at radius 1 is 1.24 bits per heavy atom. The van der Waals surface area contributed by atoms with Crippen LogP contribution in [0.15, 0.2) is 18.2 Å². The van der Waals surface area contributed by atoms with Gasteiger partial charge in [-0.3, -0.25) is 0 Å². The van der Waals surface area contributed by atoms with Crippen molar-refractivity contribution in [1.82, 2.24) is 9.55 Å². The van der Waals surface area contributed by atoms with Crippen LogP contribution in [0.5, 0.6) is 5.75 Å². The number of aromatic nitrogens is 2. The van der Waals surface area contributed by atoms with Crippen LogP contribution < -0.4 is 4.74 Å². The minimum absolute atomic E-state index is 0.211. The Bertz CT molecular complexity index is 645. The molecular formula is C16H24N2O2S. The predicted octanol–water partition coefficient (Wildman–Crippen LogP) is 4.33. The van der Waals surface area contributed by atoms with Crippen molar-refractivity contribution in [3.8, 4) is 5.75 Å². The number of H-pyrrole nitrogens is 1. The number of aromatic amines is 1. The summed E-state index contributed by atoms with van der Waals surface area (Å²) in [6, 6.07) is 6.26. The van der Waals surface area contributed by atoms with Crippen LogP contribution in [-0.2, 0) is 4.74 Å². The van der Waals surface area contributed by atoms with E-state index in [2.05, 4.69) is 29.5 Å². The summed E-state index contributed by atoms with van der Waals surface area (Å²) in [6.45, 7) is 10.4. The number of nitrogens with zero attached hydrogens (tertiary/aromatic N) is 1. The van der Waals surface area contributed by atoms with Crippen LogP contribution in [0.25, 0.3) is 11.0 Å². The number of ether oxygens (including phenoxy) is 2. The van der Waals surface area contributed by atoms with Crippen molar-refractivity contribution in [2.75, 3.05) is 19.8 Å². The van der Waals surface area contributed by atoms with E-state index < -0.39 is 0 Å². The van der Waals surface area contributed by atoms with Gasteiger partial charge in [-0.05, 0) is 44.1 Å². The van der Waals surface area contributed by atoms with Gasteiger partial charge in [0.05, 0.1) is 24.8 Å². The number of hydrogen-bond acceptors (Lipinski definition) is 3. The van der Waals surface area contributed by atoms with Crippen molar-refractivity contribution in [1.29, 1.82) is 0 Å². The highest BCUT2D eigenvalue weighted by Crippen LogP contribution is 2.30. The zero-order valence-electron chi connectivity index (χ0n) is 13.2. The topological polar surface area (TPSA) is 39.2 Å². The first-order chi connectivity index (χ1) is 10.1. The predicted molar refractivity (Wildman–Crippen MR) is 88.7 cm³/mol. The van der Waals surface area contributed by atoms with Gasteiger partial charge < -0.3 is 19.0 Å². The zero-order valence-corrected chi connectivity index (χ0v) is 14.0. The van der Waals surface area contributed by atoms with E-state index in [4.69, 9.17) is 21.7 Å². The van der Waals surface area contributed by atoms with E-state index in [1.165, 1.54) is 0 Å². The van der Waals surface area contributed by atoms with Crippen LogP contribution in [0.3, 0.4) is 0 Å². The molecular weight excluding hydrogens is 284 g/mol. The van der Waals surface area contributed by atoms with Gasteiger partial charge in [0, 0.05) is 6.61 Å². The van der Waals surface area contributed by atoms with E-state index in [0.29, 0.717) is 25.7 Å². The van der Waals surface area contributed by atoms with Crippen molar-refractivity contribution in [2.45, 2.75) is 33.7 Å². The Morgan fingerprint density at radius 3 is 2.62 bits per heavy atom. The maximum Gasteiger partial charge on any atom is 0.178 e. The molecule has 5 heteroatoms. The molecule has 0 spiro atoms. The van der Waals surface area contributed by atoms with Crippen molar-refractivity contribution < 1.29 is 9.47 Å². The second kappa shape index (κ2) is 7.09. The first kappa shape index (κ1) is 16.0. The van der Waals surface area contributed by atoms with Gasteiger partial charge in [-0.1, -0.05) is 19.9 Å². The summed E-state index contributed by atoms with van der Waals surface area (Å²) in [6.07, 6.45) is 0. The molecule has 0 fully saturated rings. The van der Waals surface area contributed by atoms with Crippen LogP contribution in [-0.4, -0.2) is 29.4 Å². The molecule has 1 aromatic heterocycles. The van der Waals surface area contributed by atoms with Crippen molar-refractivity contribution >= 4 is 23.3 Å². The number of para-hydroxylation sites is 1. The maximum absolute atomic E-state index is 5.69. The minimum Gasteiger partial charge on any atom is -0.492 e. The lowest BCUT2D eigenvalue weighted by Gasteiger charge is -2.23. The Morgan fingerprint density at radius 2 is 2.00 bits per heavy atom. The molecule has 116 valence electrons. The van der Waals surface area contributed by atoms with Crippen LogP contribution in [0, 0.1) is 10.7 Å². The van der Waals surface area contributed by atoms with E-state index in [9.17, 15) is 0 Å². The number of benzene rings is 1. The number of imidazole rings is 1. The third-order valence-electron chi connectivity index (χ3n) is 3.61. The second-order valence-electron chi connectivity index (χ2n) is 5.35. The summed E-state index contributed by atoms with van der Waals surface area (Å²) in [7, 11) is 0. The van der Waals surface area contributed by atoms with Crippen LogP contribution in [0.1, 0.15) is 33.7 Å². The quantitative estimate of drug-likeness (QED) is 0.774. The highest BCUT2D eigenvalue weighted by atomic mass is 32.1. The van der Waals surface area contributed by atoms with E-state index in [1.807, 2.05) is 26.0 Å². The van der Waals surface area contributed by atoms with E-state index in [-0.39, 0.29) is 6.04 Å². The van der Waals surface area contributed by atoms with E-state index >= 15 is 0 Å². The van der Waals surface area contributed by atoms with Gasteiger partial charge in [0.1, 0.15) is 11.3 Å². The third kappa shape index (κ3) is 3.30. The Labute approximate surface area is 131 Å². The average molecular weight is 308 g/mol. The van der Waals surface area contributed by atoms with Gasteiger partial charge in [-0.15, -0.1) is 0 Å². The average Bonchev–Trinajstić information content (AvgIpc) is 2.77. The van der Waals surface area contributed by atoms with Crippen LogP contribution in [0.2, 0.25) is 0 Å². The van der Waals surface area contributed by atoms with Gasteiger partial charge >= 0.3 is 0 Å². The molecule has 0 bridgehead atoms. The summed E-state index contributed by atoms with van der Waals surface area (Å²) < 4.78 is 14.2. The smallest absolute Gasteiger partial charge is 0.178 e. The second-order valence-corrected chi connectivity index (χ2v) is 5.74. The fourth-order valence-corrected chi connectivity index (χ4v) is 2.87. The Balaban J connectivity index is 2.54. The molecule has 0 amide bonds. The molecule has 0 radical (unpaired) electrons. The Kier molecular flexibility index (Phi) is 5.42. The molecule has 0 aliphatic heterocycles. The lowest BCUT2D eigenvalue weighted by molar-refractivity contribution is 0.0974. The van der Waals surface area contributed by atoms with Crippen molar-refractivity contribution in [3.05, 3.63) is 23.0 Å². The number of rotatable bonds is 7. The van der Waals surface area contributed by atoms with E-state index in [0.717, 1.165) is 21.6 Å². The summed E-state index contributed by atoms with van der Waals surface area (Å²) >= 11 is 5.54. The lowest BCUT2D eigenvalue weighted by Crippen LogP contribution is -2.21. The standard InChI is InChI=1S/C16H24N2O2S/c1-5-19-10-13(11(3)4)18-12-8-7-9-14(20-6-2)15(12)17-16(18)21/h7-9,11,13H,5-6,10H2,1-4H3,(H,17,21). The number of fused-ring (bicyclic) bond motifs is 1. The highest BCUT2D eigenvalue weighted by molar-refractivity contribution is 7.71. The monoisotopic (exact) mass is 308 g/mol. The number of nitrogens with one attached hydrogen (secondary N) is 1. The van der Waals surface area contributed by atoms with Gasteiger partial charge in [0.25, 0.3) is 0 Å². The lowest BCUT2D eigenvalue weighted by atomic mass is 10.0. The SMILES string of the molecule is CCOCC(C(C)C)n1c(=S)[nH]c2c(OCC)cccc21. The first-order valence-electron chi connectivity index (χ1n) is 7.53. The molecule has 21 heavy (non-hydrogen) atoms. The largest absolute Gasteiger partial charge is 0.492 e. The Hall–Kier alpha value is -1.33. The molecule has 0 aliphatic rings. The molecule has 1 aromatic carbocycles. The summed E-state index contributed by atoms with van der Waals surface area (Å²) in [5.41, 5.74) is 2.04. The molecule has 2 aromatic rings. The normalized spacial score (nSPS) is 13.0. The molecule has 0 aliphatic carbocycles. The van der Waals surface area contributed by atoms with Crippen LogP contribution >= 0.6 is 12.2 Å². The fourth-order valence-electron chi connectivity index (χ4n) is 2.53. The molecule has 1 N–H and O–H groups in total. The zero-order chi connectivity index (χ0) is 15.4. The van der Waals surface area contributed by atoms with Crippen LogP contribution in [0.4, 0.5) is 0 Å². The van der Waals surface area contributed by atoms with Gasteiger partial charge in [0.2, 0.25) is 0 Å². The third-order valence-corrected chi connectivity index (χ3v) is 3.91. The molecule has 4 nitrogen and oxygen atoms in total. The molecule has 2 rings (SSSR count). The van der Waals surface area contributed by atoms with Gasteiger partial charge in [-0.2, -0.15) is 0 Å². The molecule has 1 atom stereocenters. The van der Waals surface area contributed by atoms with Gasteiger partial charge in [0.15, 0.2) is 4.77 Å². The summed E-state index contributed by atoms with van der Waals surface area (Å²) in [5.74, 6) is 1.27. The summed E-state index contributed by atoms with van der Waals surface area (Å²) in [5, 5.41) is 0. The fraction of sp³-hybridized carbons (Fsp3) is 0.562.